The summed E-state index contributed by atoms with van der Waals surface area (Å²) in [5, 5.41) is 13.1. The Labute approximate surface area is 116 Å². The molecule has 3 heteroatoms. The van der Waals surface area contributed by atoms with Gasteiger partial charge in [0.05, 0.1) is 0 Å². The molecular weight excluding hydrogens is 236 g/mol. The number of nitrogens with one attached hydrogen (secondary N) is 1. The molecule has 1 heterocycles. The van der Waals surface area contributed by atoms with Crippen LogP contribution in [0.5, 0.6) is 5.75 Å². The number of nitrogens with zero attached hydrogens (tertiary/aromatic N) is 1. The molecule has 1 aliphatic heterocycles. The number of piperidine rings is 1. The lowest BCUT2D eigenvalue weighted by Crippen LogP contribution is -2.50. The van der Waals surface area contributed by atoms with Crippen molar-refractivity contribution in [1.29, 1.82) is 0 Å². The molecule has 2 atom stereocenters. The average molecular weight is 262 g/mol. The zero-order chi connectivity index (χ0) is 13.7. The van der Waals surface area contributed by atoms with Crippen molar-refractivity contribution in [2.45, 2.75) is 51.7 Å². The third-order valence-corrected chi connectivity index (χ3v) is 4.06. The molecule has 2 unspecified atom stereocenters. The molecule has 0 aliphatic carbocycles. The fourth-order valence-electron chi connectivity index (χ4n) is 3.13. The highest BCUT2D eigenvalue weighted by molar-refractivity contribution is 5.27. The average Bonchev–Trinajstić information content (AvgIpc) is 2.39. The first-order valence-corrected chi connectivity index (χ1v) is 7.46. The van der Waals surface area contributed by atoms with E-state index in [1.807, 2.05) is 12.1 Å². The van der Waals surface area contributed by atoms with Gasteiger partial charge in [-0.25, -0.2) is 0 Å². The van der Waals surface area contributed by atoms with Crippen LogP contribution in [0.3, 0.4) is 0 Å². The highest BCUT2D eigenvalue weighted by atomic mass is 16.3. The molecule has 0 amide bonds. The molecule has 0 radical (unpaired) electrons. The molecular formula is C16H26N2O. The maximum Gasteiger partial charge on any atom is 0.115 e. The van der Waals surface area contributed by atoms with Crippen molar-refractivity contribution in [2.75, 3.05) is 13.1 Å². The quantitative estimate of drug-likeness (QED) is 0.856. The van der Waals surface area contributed by atoms with Gasteiger partial charge >= 0.3 is 0 Å². The Balaban J connectivity index is 2.03. The standard InChI is InChI=1S/C16H26N2O/c1-3-17-13(2)16-9-4-5-10-18(16)12-14-7-6-8-15(19)11-14/h6-8,11,13,16-17,19H,3-5,9-10,12H2,1-2H3. The minimum Gasteiger partial charge on any atom is -0.508 e. The summed E-state index contributed by atoms with van der Waals surface area (Å²) in [4.78, 5) is 2.56. The van der Waals surface area contributed by atoms with Gasteiger partial charge in [0.1, 0.15) is 5.75 Å². The van der Waals surface area contributed by atoms with E-state index in [1.165, 1.54) is 24.8 Å². The van der Waals surface area contributed by atoms with Crippen molar-refractivity contribution < 1.29 is 5.11 Å². The highest BCUT2D eigenvalue weighted by Gasteiger charge is 2.26. The number of hydrogen-bond donors (Lipinski definition) is 2. The molecule has 0 saturated carbocycles. The Morgan fingerprint density at radius 2 is 2.26 bits per heavy atom. The lowest BCUT2D eigenvalue weighted by molar-refractivity contribution is 0.112. The monoisotopic (exact) mass is 262 g/mol. The largest absolute Gasteiger partial charge is 0.508 e. The van der Waals surface area contributed by atoms with Gasteiger partial charge in [0.15, 0.2) is 0 Å². The second-order valence-electron chi connectivity index (χ2n) is 5.55. The van der Waals surface area contributed by atoms with Gasteiger partial charge in [0.25, 0.3) is 0 Å². The summed E-state index contributed by atoms with van der Waals surface area (Å²) in [6, 6.07) is 8.78. The molecule has 2 N–H and O–H groups in total. The molecule has 1 aromatic carbocycles. The van der Waals surface area contributed by atoms with Crippen LogP contribution in [0.25, 0.3) is 0 Å². The van der Waals surface area contributed by atoms with Crippen LogP contribution in [0.4, 0.5) is 0 Å². The van der Waals surface area contributed by atoms with Gasteiger partial charge < -0.3 is 10.4 Å². The first-order valence-electron chi connectivity index (χ1n) is 7.46. The van der Waals surface area contributed by atoms with E-state index in [0.717, 1.165) is 19.6 Å². The molecule has 19 heavy (non-hydrogen) atoms. The lowest BCUT2D eigenvalue weighted by Gasteiger charge is -2.39. The predicted molar refractivity (Wildman–Crippen MR) is 79.3 cm³/mol. The van der Waals surface area contributed by atoms with Crippen molar-refractivity contribution in [3.63, 3.8) is 0 Å². The van der Waals surface area contributed by atoms with E-state index in [1.54, 1.807) is 6.07 Å². The summed E-state index contributed by atoms with van der Waals surface area (Å²) in [6.07, 6.45) is 3.89. The van der Waals surface area contributed by atoms with Gasteiger partial charge in [-0.3, -0.25) is 4.90 Å². The van der Waals surface area contributed by atoms with E-state index in [-0.39, 0.29) is 0 Å². The summed E-state index contributed by atoms with van der Waals surface area (Å²) in [7, 11) is 0. The van der Waals surface area contributed by atoms with Crippen LogP contribution in [0, 0.1) is 0 Å². The van der Waals surface area contributed by atoms with Crippen LogP contribution in [0.2, 0.25) is 0 Å². The van der Waals surface area contributed by atoms with Crippen molar-refractivity contribution >= 4 is 0 Å². The number of likely N-dealkylation sites (N-methyl/N-ethyl adjacent to an activating group) is 1. The minimum atomic E-state index is 0.366. The van der Waals surface area contributed by atoms with Gasteiger partial charge in [-0.05, 0) is 50.6 Å². The highest BCUT2D eigenvalue weighted by Crippen LogP contribution is 2.23. The molecule has 0 spiro atoms. The van der Waals surface area contributed by atoms with Gasteiger partial charge in [-0.15, -0.1) is 0 Å². The van der Waals surface area contributed by atoms with Gasteiger partial charge in [0, 0.05) is 18.6 Å². The van der Waals surface area contributed by atoms with Gasteiger partial charge in [0.2, 0.25) is 0 Å². The fourth-order valence-corrected chi connectivity index (χ4v) is 3.13. The zero-order valence-electron chi connectivity index (χ0n) is 12.1. The number of phenols is 1. The smallest absolute Gasteiger partial charge is 0.115 e. The molecule has 1 fully saturated rings. The molecule has 0 aromatic heterocycles. The van der Waals surface area contributed by atoms with Gasteiger partial charge in [-0.1, -0.05) is 25.5 Å². The van der Waals surface area contributed by atoms with Crippen molar-refractivity contribution in [3.8, 4) is 5.75 Å². The van der Waals surface area contributed by atoms with E-state index in [9.17, 15) is 5.11 Å². The number of rotatable bonds is 5. The Bertz CT molecular complexity index is 394. The summed E-state index contributed by atoms with van der Waals surface area (Å²) in [5.74, 6) is 0.366. The SMILES string of the molecule is CCNC(C)C1CCCCN1Cc1cccc(O)c1. The van der Waals surface area contributed by atoms with Crippen molar-refractivity contribution in [3.05, 3.63) is 29.8 Å². The molecule has 1 aromatic rings. The summed E-state index contributed by atoms with van der Waals surface area (Å²) in [6.45, 7) is 7.58. The predicted octanol–water partition coefficient (Wildman–Crippen LogP) is 2.74. The van der Waals surface area contributed by atoms with Crippen LogP contribution in [-0.4, -0.2) is 35.2 Å². The normalized spacial score (nSPS) is 22.3. The van der Waals surface area contributed by atoms with Crippen molar-refractivity contribution in [2.24, 2.45) is 0 Å². The van der Waals surface area contributed by atoms with Crippen LogP contribution in [0.1, 0.15) is 38.7 Å². The molecule has 2 rings (SSSR count). The van der Waals surface area contributed by atoms with Crippen LogP contribution in [0.15, 0.2) is 24.3 Å². The summed E-state index contributed by atoms with van der Waals surface area (Å²) >= 11 is 0. The van der Waals surface area contributed by atoms with Crippen LogP contribution >= 0.6 is 0 Å². The maximum absolute atomic E-state index is 9.57. The van der Waals surface area contributed by atoms with E-state index in [0.29, 0.717) is 17.8 Å². The Kier molecular flexibility index (Phi) is 5.23. The van der Waals surface area contributed by atoms with Crippen LogP contribution in [-0.2, 0) is 6.54 Å². The Morgan fingerprint density at radius 3 is 3.00 bits per heavy atom. The number of likely N-dealkylation sites (tertiary alicyclic amines) is 1. The second kappa shape index (κ2) is 6.92. The number of aromatic hydroxyl groups is 1. The van der Waals surface area contributed by atoms with E-state index < -0.39 is 0 Å². The van der Waals surface area contributed by atoms with Crippen molar-refractivity contribution in [1.82, 2.24) is 10.2 Å². The number of phenolic OH excluding ortho intramolecular Hbond substituents is 1. The first kappa shape index (κ1) is 14.4. The van der Waals surface area contributed by atoms with E-state index >= 15 is 0 Å². The summed E-state index contributed by atoms with van der Waals surface area (Å²) < 4.78 is 0. The maximum atomic E-state index is 9.57. The zero-order valence-corrected chi connectivity index (χ0v) is 12.1. The summed E-state index contributed by atoms with van der Waals surface area (Å²) in [5.41, 5.74) is 1.20. The lowest BCUT2D eigenvalue weighted by atomic mass is 9.95. The fraction of sp³-hybridized carbons (Fsp3) is 0.625. The molecule has 3 nitrogen and oxygen atoms in total. The minimum absolute atomic E-state index is 0.366. The van der Waals surface area contributed by atoms with E-state index in [2.05, 4.69) is 30.1 Å². The third-order valence-electron chi connectivity index (χ3n) is 4.06. The Hall–Kier alpha value is -1.06. The second-order valence-corrected chi connectivity index (χ2v) is 5.55. The molecule has 106 valence electrons. The molecule has 0 bridgehead atoms. The molecule has 1 saturated heterocycles. The Morgan fingerprint density at radius 1 is 1.42 bits per heavy atom. The topological polar surface area (TPSA) is 35.5 Å². The van der Waals surface area contributed by atoms with Crippen LogP contribution < -0.4 is 5.32 Å². The first-order chi connectivity index (χ1) is 9.20. The van der Waals surface area contributed by atoms with Gasteiger partial charge in [-0.2, -0.15) is 0 Å². The number of benzene rings is 1. The number of hydrogen-bond acceptors (Lipinski definition) is 3. The molecule has 1 aliphatic rings. The third kappa shape index (κ3) is 3.95. The van der Waals surface area contributed by atoms with E-state index in [4.69, 9.17) is 0 Å².